The molecule has 164 valence electrons. The third kappa shape index (κ3) is 5.82. The van der Waals surface area contributed by atoms with Crippen LogP contribution in [-0.4, -0.2) is 50.2 Å². The third-order valence-corrected chi connectivity index (χ3v) is 5.79. The Bertz CT molecular complexity index is 1110. The largest absolute Gasteiger partial charge is 0.494 e. The van der Waals surface area contributed by atoms with Gasteiger partial charge in [0.2, 0.25) is 5.91 Å². The van der Waals surface area contributed by atoms with Crippen LogP contribution in [0.1, 0.15) is 24.2 Å². The molecule has 0 fully saturated rings. The summed E-state index contributed by atoms with van der Waals surface area (Å²) in [5, 5.41) is 5.08. The van der Waals surface area contributed by atoms with E-state index in [0.29, 0.717) is 29.5 Å². The van der Waals surface area contributed by atoms with Gasteiger partial charge in [-0.1, -0.05) is 0 Å². The molecule has 0 aliphatic carbocycles. The van der Waals surface area contributed by atoms with Crippen molar-refractivity contribution < 1.29 is 32.3 Å². The van der Waals surface area contributed by atoms with Crippen molar-refractivity contribution in [3.8, 4) is 11.5 Å². The molecule has 0 saturated heterocycles. The first-order valence-corrected chi connectivity index (χ1v) is 11.4. The second-order valence-corrected chi connectivity index (χ2v) is 8.99. The molecule has 1 atom stereocenters. The standard InChI is InChI=1S/C21H22N2O7S/c1-3-29-16-7-5-15(6-8-16)22-20(25)12-31(27,28)11-18(24)14-4-9-19-17(10-14)23-21(26)13(2)30-19/h4-10,13H,3,11-12H2,1-2H3,(H,22,25)(H,23,26). The van der Waals surface area contributed by atoms with Crippen molar-refractivity contribution in [3.05, 3.63) is 48.0 Å². The lowest BCUT2D eigenvalue weighted by Crippen LogP contribution is -2.34. The summed E-state index contributed by atoms with van der Waals surface area (Å²) in [7, 11) is -4.01. The summed E-state index contributed by atoms with van der Waals surface area (Å²) in [4.78, 5) is 36.3. The number of hydrogen-bond acceptors (Lipinski definition) is 7. The van der Waals surface area contributed by atoms with Crippen LogP contribution in [0, 0.1) is 0 Å². The highest BCUT2D eigenvalue weighted by Crippen LogP contribution is 2.30. The average Bonchev–Trinajstić information content (AvgIpc) is 2.69. The van der Waals surface area contributed by atoms with Crippen molar-refractivity contribution in [3.63, 3.8) is 0 Å². The van der Waals surface area contributed by atoms with Gasteiger partial charge in [0.05, 0.1) is 12.3 Å². The fourth-order valence-electron chi connectivity index (χ4n) is 2.91. The van der Waals surface area contributed by atoms with Crippen LogP contribution < -0.4 is 20.1 Å². The Kier molecular flexibility index (Phi) is 6.59. The lowest BCUT2D eigenvalue weighted by molar-refractivity contribution is -0.122. The number of benzene rings is 2. The summed E-state index contributed by atoms with van der Waals surface area (Å²) >= 11 is 0. The van der Waals surface area contributed by atoms with Gasteiger partial charge < -0.3 is 20.1 Å². The number of hydrogen-bond donors (Lipinski definition) is 2. The van der Waals surface area contributed by atoms with Gasteiger partial charge in [0.1, 0.15) is 23.0 Å². The van der Waals surface area contributed by atoms with E-state index in [9.17, 15) is 22.8 Å². The fraction of sp³-hybridized carbons (Fsp3) is 0.286. The minimum Gasteiger partial charge on any atom is -0.494 e. The molecule has 1 heterocycles. The van der Waals surface area contributed by atoms with Gasteiger partial charge in [-0.05, 0) is 56.3 Å². The van der Waals surface area contributed by atoms with Gasteiger partial charge >= 0.3 is 0 Å². The number of ether oxygens (including phenoxy) is 2. The first-order chi connectivity index (χ1) is 14.7. The van der Waals surface area contributed by atoms with Crippen molar-refractivity contribution in [1.82, 2.24) is 0 Å². The molecule has 0 radical (unpaired) electrons. The van der Waals surface area contributed by atoms with Gasteiger partial charge in [-0.3, -0.25) is 14.4 Å². The van der Waals surface area contributed by atoms with Crippen LogP contribution in [-0.2, 0) is 19.4 Å². The molecule has 2 N–H and O–H groups in total. The van der Waals surface area contributed by atoms with E-state index in [0.717, 1.165) is 0 Å². The maximum atomic E-state index is 12.5. The molecule has 10 heteroatoms. The number of nitrogens with one attached hydrogen (secondary N) is 2. The zero-order chi connectivity index (χ0) is 22.6. The normalized spacial score (nSPS) is 15.3. The fourth-order valence-corrected chi connectivity index (χ4v) is 4.05. The summed E-state index contributed by atoms with van der Waals surface area (Å²) < 4.78 is 35.4. The number of rotatable bonds is 8. The van der Waals surface area contributed by atoms with Gasteiger partial charge in [0, 0.05) is 11.3 Å². The Labute approximate surface area is 179 Å². The molecule has 2 aromatic rings. The monoisotopic (exact) mass is 446 g/mol. The highest BCUT2D eigenvalue weighted by atomic mass is 32.2. The summed E-state index contributed by atoms with van der Waals surface area (Å²) in [5.74, 6) is -2.47. The van der Waals surface area contributed by atoms with Crippen LogP contribution in [0.2, 0.25) is 0 Å². The van der Waals surface area contributed by atoms with E-state index < -0.39 is 39.1 Å². The highest BCUT2D eigenvalue weighted by molar-refractivity contribution is 7.92. The molecule has 1 aliphatic heterocycles. The average molecular weight is 446 g/mol. The van der Waals surface area contributed by atoms with Gasteiger partial charge in [-0.25, -0.2) is 8.42 Å². The van der Waals surface area contributed by atoms with Crippen molar-refractivity contribution in [2.45, 2.75) is 20.0 Å². The van der Waals surface area contributed by atoms with E-state index in [2.05, 4.69) is 10.6 Å². The topological polar surface area (TPSA) is 128 Å². The molecule has 31 heavy (non-hydrogen) atoms. The molecule has 0 bridgehead atoms. The van der Waals surface area contributed by atoms with E-state index in [1.54, 1.807) is 31.2 Å². The minimum atomic E-state index is -4.01. The van der Waals surface area contributed by atoms with Crippen molar-refractivity contribution in [1.29, 1.82) is 0 Å². The lowest BCUT2D eigenvalue weighted by Gasteiger charge is -2.23. The SMILES string of the molecule is CCOc1ccc(NC(=O)CS(=O)(=O)CC(=O)c2ccc3c(c2)NC(=O)C(C)O3)cc1. The van der Waals surface area contributed by atoms with Crippen LogP contribution in [0.4, 0.5) is 11.4 Å². The predicted molar refractivity (Wildman–Crippen MR) is 114 cm³/mol. The minimum absolute atomic E-state index is 0.0905. The number of carbonyl (C=O) groups excluding carboxylic acids is 3. The second kappa shape index (κ2) is 9.17. The number of sulfone groups is 1. The van der Waals surface area contributed by atoms with Crippen LogP contribution in [0.3, 0.4) is 0 Å². The zero-order valence-electron chi connectivity index (χ0n) is 17.0. The molecule has 0 spiro atoms. The smallest absolute Gasteiger partial charge is 0.265 e. The van der Waals surface area contributed by atoms with Gasteiger partial charge in [-0.2, -0.15) is 0 Å². The van der Waals surface area contributed by atoms with E-state index in [4.69, 9.17) is 9.47 Å². The second-order valence-electron chi connectivity index (χ2n) is 6.92. The molecule has 1 aliphatic rings. The Morgan fingerprint density at radius 3 is 2.52 bits per heavy atom. The number of amides is 2. The first-order valence-electron chi connectivity index (χ1n) is 9.55. The van der Waals surface area contributed by atoms with Gasteiger partial charge in [-0.15, -0.1) is 0 Å². The van der Waals surface area contributed by atoms with Crippen LogP contribution >= 0.6 is 0 Å². The number of carbonyl (C=O) groups is 3. The van der Waals surface area contributed by atoms with Crippen molar-refractivity contribution in [2.75, 3.05) is 28.7 Å². The Balaban J connectivity index is 1.61. The molecule has 0 aromatic heterocycles. The Morgan fingerprint density at radius 1 is 1.13 bits per heavy atom. The highest BCUT2D eigenvalue weighted by Gasteiger charge is 2.26. The molecular weight excluding hydrogens is 424 g/mol. The van der Waals surface area contributed by atoms with Gasteiger partial charge in [0.15, 0.2) is 21.7 Å². The summed E-state index contributed by atoms with van der Waals surface area (Å²) in [6.07, 6.45) is -0.664. The third-order valence-electron chi connectivity index (χ3n) is 4.38. The zero-order valence-corrected chi connectivity index (χ0v) is 17.8. The Morgan fingerprint density at radius 2 is 1.84 bits per heavy atom. The van der Waals surface area contributed by atoms with Crippen molar-refractivity contribution in [2.24, 2.45) is 0 Å². The maximum absolute atomic E-state index is 12.5. The Hall–Kier alpha value is -3.40. The van der Waals surface area contributed by atoms with Crippen LogP contribution in [0.25, 0.3) is 0 Å². The molecule has 2 amide bonds. The summed E-state index contributed by atoms with van der Waals surface area (Å²) in [6, 6.07) is 10.7. The number of fused-ring (bicyclic) bond motifs is 1. The number of anilines is 2. The van der Waals surface area contributed by atoms with Crippen LogP contribution in [0.15, 0.2) is 42.5 Å². The maximum Gasteiger partial charge on any atom is 0.265 e. The molecular formula is C21H22N2O7S. The number of Topliss-reactive ketones (excluding diaryl/α,β-unsaturated/α-hetero) is 1. The lowest BCUT2D eigenvalue weighted by atomic mass is 10.1. The van der Waals surface area contributed by atoms with E-state index in [-0.39, 0.29) is 11.5 Å². The van der Waals surface area contributed by atoms with Crippen LogP contribution in [0.5, 0.6) is 11.5 Å². The molecule has 3 rings (SSSR count). The first kappa shape index (κ1) is 22.3. The van der Waals surface area contributed by atoms with E-state index in [1.165, 1.54) is 18.2 Å². The van der Waals surface area contributed by atoms with Gasteiger partial charge in [0.25, 0.3) is 5.91 Å². The number of ketones is 1. The van der Waals surface area contributed by atoms with E-state index in [1.807, 2.05) is 6.92 Å². The summed E-state index contributed by atoms with van der Waals surface area (Å²) in [5.41, 5.74) is 0.793. The van der Waals surface area contributed by atoms with Crippen molar-refractivity contribution >= 4 is 38.8 Å². The molecule has 1 unspecified atom stereocenters. The summed E-state index contributed by atoms with van der Waals surface area (Å²) in [6.45, 7) is 3.93. The quantitative estimate of drug-likeness (QED) is 0.594. The van der Waals surface area contributed by atoms with E-state index >= 15 is 0 Å². The molecule has 9 nitrogen and oxygen atoms in total. The molecule has 0 saturated carbocycles. The molecule has 2 aromatic carbocycles. The predicted octanol–water partition coefficient (Wildman–Crippen LogP) is 2.04.